The summed E-state index contributed by atoms with van der Waals surface area (Å²) in [5.41, 5.74) is -2.78. The van der Waals surface area contributed by atoms with Crippen molar-refractivity contribution in [1.29, 1.82) is 0 Å². The van der Waals surface area contributed by atoms with E-state index in [4.69, 9.17) is 22.1 Å². The van der Waals surface area contributed by atoms with E-state index >= 15 is 0 Å². The molecule has 0 unspecified atom stereocenters. The third-order valence-electron chi connectivity index (χ3n) is 6.27. The summed E-state index contributed by atoms with van der Waals surface area (Å²) in [5, 5.41) is 11.6. The minimum atomic E-state index is -5.04. The summed E-state index contributed by atoms with van der Waals surface area (Å²) in [6.07, 6.45) is -8.86. The predicted molar refractivity (Wildman–Crippen MR) is 155 cm³/mol. The Kier molecular flexibility index (Phi) is 9.39. The Balaban J connectivity index is 1.55. The highest BCUT2D eigenvalue weighted by atomic mass is 32.2. The van der Waals surface area contributed by atoms with E-state index in [2.05, 4.69) is 5.32 Å². The van der Waals surface area contributed by atoms with Crippen molar-refractivity contribution in [3.05, 3.63) is 87.8 Å². The van der Waals surface area contributed by atoms with Crippen LogP contribution >= 0.6 is 24.0 Å². The van der Waals surface area contributed by atoms with Gasteiger partial charge >= 0.3 is 18.3 Å². The van der Waals surface area contributed by atoms with Crippen LogP contribution in [0.1, 0.15) is 33.5 Å². The Hall–Kier alpha value is -4.37. The summed E-state index contributed by atoms with van der Waals surface area (Å²) in [4.78, 5) is 37.7. The lowest BCUT2D eigenvalue weighted by Crippen LogP contribution is -2.31. The monoisotopic (exact) mass is 654 g/mol. The predicted octanol–water partition coefficient (Wildman–Crippen LogP) is 7.33. The zero-order chi connectivity index (χ0) is 32.4. The van der Waals surface area contributed by atoms with Crippen LogP contribution in [-0.4, -0.2) is 45.8 Å². The first-order chi connectivity index (χ1) is 20.6. The first-order valence-corrected chi connectivity index (χ1v) is 13.7. The number of aromatic carboxylic acids is 1. The molecule has 0 saturated carbocycles. The highest BCUT2D eigenvalue weighted by Crippen LogP contribution is 2.41. The van der Waals surface area contributed by atoms with Crippen LogP contribution in [0.2, 0.25) is 0 Å². The van der Waals surface area contributed by atoms with E-state index in [0.717, 1.165) is 11.8 Å². The standard InChI is InChI=1S/C29H20F6N2O5S2/c1-42-22-7-2-15(10-21(22)17-12-18(28(30,31)32)14-19(13-17)29(33,34)35)11-23-25(39)37(27(43)44-23)9-8-24(38)36-20-5-3-16(4-6-20)26(40)41/h2-7,10-14H,8-9H2,1H3,(H,36,38)(H,40,41). The molecule has 0 aliphatic carbocycles. The van der Waals surface area contributed by atoms with Gasteiger partial charge in [0.15, 0.2) is 0 Å². The summed E-state index contributed by atoms with van der Waals surface area (Å²) >= 11 is 6.19. The minimum Gasteiger partial charge on any atom is -0.496 e. The zero-order valence-electron chi connectivity index (χ0n) is 22.4. The molecule has 44 heavy (non-hydrogen) atoms. The highest BCUT2D eigenvalue weighted by molar-refractivity contribution is 8.26. The number of hydrogen-bond acceptors (Lipinski definition) is 6. The maximum Gasteiger partial charge on any atom is 0.416 e. The quantitative estimate of drug-likeness (QED) is 0.149. The number of halogens is 6. The van der Waals surface area contributed by atoms with Crippen LogP contribution in [0.25, 0.3) is 17.2 Å². The summed E-state index contributed by atoms with van der Waals surface area (Å²) in [5.74, 6) is -2.13. The molecule has 1 heterocycles. The van der Waals surface area contributed by atoms with Crippen LogP contribution in [0.3, 0.4) is 0 Å². The SMILES string of the molecule is COc1ccc(C=C2SC(=S)N(CCC(=O)Nc3ccc(C(=O)O)cc3)C2=O)cc1-c1cc(C(F)(F)F)cc(C(F)(F)F)c1. The average Bonchev–Trinajstić information content (AvgIpc) is 3.22. The van der Waals surface area contributed by atoms with Crippen molar-refractivity contribution in [2.75, 3.05) is 19.0 Å². The van der Waals surface area contributed by atoms with E-state index in [9.17, 15) is 40.7 Å². The van der Waals surface area contributed by atoms with E-state index in [1.807, 2.05) is 0 Å². The zero-order valence-corrected chi connectivity index (χ0v) is 24.0. The van der Waals surface area contributed by atoms with E-state index in [1.54, 1.807) is 0 Å². The number of hydrogen-bond donors (Lipinski definition) is 2. The van der Waals surface area contributed by atoms with Gasteiger partial charge in [-0.1, -0.05) is 30.0 Å². The van der Waals surface area contributed by atoms with Crippen LogP contribution in [0.4, 0.5) is 32.0 Å². The second-order valence-electron chi connectivity index (χ2n) is 9.27. The van der Waals surface area contributed by atoms with Gasteiger partial charge in [-0.25, -0.2) is 4.79 Å². The van der Waals surface area contributed by atoms with Crippen LogP contribution in [0.15, 0.2) is 65.6 Å². The van der Waals surface area contributed by atoms with Gasteiger partial charge in [-0.3, -0.25) is 14.5 Å². The number of amides is 2. The van der Waals surface area contributed by atoms with E-state index in [-0.39, 0.29) is 50.7 Å². The van der Waals surface area contributed by atoms with Gasteiger partial charge in [0.05, 0.1) is 28.7 Å². The molecular formula is C29H20F6N2O5S2. The Morgan fingerprint density at radius 3 is 2.14 bits per heavy atom. The lowest BCUT2D eigenvalue weighted by atomic mass is 9.96. The van der Waals surface area contributed by atoms with Gasteiger partial charge in [0.25, 0.3) is 5.91 Å². The third-order valence-corrected chi connectivity index (χ3v) is 7.65. The average molecular weight is 655 g/mol. The van der Waals surface area contributed by atoms with Gasteiger partial charge in [-0.2, -0.15) is 26.3 Å². The summed E-state index contributed by atoms with van der Waals surface area (Å²) in [7, 11) is 1.21. The fourth-order valence-electron chi connectivity index (χ4n) is 4.13. The van der Waals surface area contributed by atoms with Gasteiger partial charge in [-0.15, -0.1) is 0 Å². The number of carboxylic acids is 1. The Morgan fingerprint density at radius 2 is 1.59 bits per heavy atom. The number of benzene rings is 3. The molecule has 0 spiro atoms. The second kappa shape index (κ2) is 12.7. The molecule has 3 aromatic carbocycles. The Morgan fingerprint density at radius 1 is 0.977 bits per heavy atom. The van der Waals surface area contributed by atoms with Gasteiger partial charge in [0.1, 0.15) is 10.1 Å². The van der Waals surface area contributed by atoms with E-state index < -0.39 is 46.8 Å². The highest BCUT2D eigenvalue weighted by Gasteiger charge is 2.37. The fraction of sp³-hybridized carbons (Fsp3) is 0.172. The molecule has 0 radical (unpaired) electrons. The van der Waals surface area contributed by atoms with Crippen LogP contribution in [-0.2, 0) is 21.9 Å². The van der Waals surface area contributed by atoms with Crippen molar-refractivity contribution in [3.63, 3.8) is 0 Å². The lowest BCUT2D eigenvalue weighted by molar-refractivity contribution is -0.143. The molecule has 1 aliphatic rings. The first kappa shape index (κ1) is 32.5. The van der Waals surface area contributed by atoms with Crippen LogP contribution < -0.4 is 10.1 Å². The molecule has 2 amide bonds. The van der Waals surface area contributed by atoms with E-state index in [0.29, 0.717) is 17.8 Å². The fourth-order valence-corrected chi connectivity index (χ4v) is 5.44. The van der Waals surface area contributed by atoms with Crippen molar-refractivity contribution in [2.24, 2.45) is 0 Å². The molecule has 0 aromatic heterocycles. The number of nitrogens with one attached hydrogen (secondary N) is 1. The van der Waals surface area contributed by atoms with Crippen molar-refractivity contribution in [2.45, 2.75) is 18.8 Å². The molecular weight excluding hydrogens is 634 g/mol. The number of anilines is 1. The van der Waals surface area contributed by atoms with Crippen molar-refractivity contribution in [3.8, 4) is 16.9 Å². The second-order valence-corrected chi connectivity index (χ2v) is 10.9. The van der Waals surface area contributed by atoms with Crippen molar-refractivity contribution in [1.82, 2.24) is 4.90 Å². The molecule has 2 N–H and O–H groups in total. The summed E-state index contributed by atoms with van der Waals surface area (Å²) in [6.45, 7) is -0.0840. The number of nitrogens with zero attached hydrogens (tertiary/aromatic N) is 1. The topological polar surface area (TPSA) is 95.9 Å². The molecule has 0 bridgehead atoms. The Bertz CT molecular complexity index is 1640. The van der Waals surface area contributed by atoms with Gasteiger partial charge in [0.2, 0.25) is 5.91 Å². The maximum absolute atomic E-state index is 13.5. The van der Waals surface area contributed by atoms with Crippen LogP contribution in [0, 0.1) is 0 Å². The molecule has 1 fully saturated rings. The van der Waals surface area contributed by atoms with E-state index in [1.165, 1.54) is 60.6 Å². The number of methoxy groups -OCH3 is 1. The number of carbonyl (C=O) groups excluding carboxylic acids is 2. The van der Waals surface area contributed by atoms with Crippen LogP contribution in [0.5, 0.6) is 5.75 Å². The number of thioether (sulfide) groups is 1. The molecule has 3 aromatic rings. The maximum atomic E-state index is 13.5. The number of alkyl halides is 6. The molecule has 1 aliphatic heterocycles. The molecule has 1 saturated heterocycles. The number of rotatable bonds is 8. The number of carboxylic acid groups (broad SMARTS) is 1. The van der Waals surface area contributed by atoms with Crippen molar-refractivity contribution < 1.29 is 50.6 Å². The van der Waals surface area contributed by atoms with Gasteiger partial charge in [0, 0.05) is 24.2 Å². The minimum absolute atomic E-state index is 0.00533. The summed E-state index contributed by atoms with van der Waals surface area (Å²) in [6, 6.07) is 10.8. The number of carbonyl (C=O) groups is 3. The smallest absolute Gasteiger partial charge is 0.416 e. The number of thiocarbonyl (C=S) groups is 1. The van der Waals surface area contributed by atoms with Crippen molar-refractivity contribution >= 4 is 57.8 Å². The largest absolute Gasteiger partial charge is 0.496 e. The Labute approximate surface area is 255 Å². The van der Waals surface area contributed by atoms with Gasteiger partial charge in [-0.05, 0) is 71.8 Å². The number of ether oxygens (including phenoxy) is 1. The third kappa shape index (κ3) is 7.58. The molecule has 0 atom stereocenters. The molecule has 4 rings (SSSR count). The molecule has 15 heteroatoms. The lowest BCUT2D eigenvalue weighted by Gasteiger charge is -2.16. The summed E-state index contributed by atoms with van der Waals surface area (Å²) < 4.78 is 86.1. The van der Waals surface area contributed by atoms with Gasteiger partial charge < -0.3 is 15.2 Å². The first-order valence-electron chi connectivity index (χ1n) is 12.4. The normalized spacial score (nSPS) is 14.7. The molecule has 7 nitrogen and oxygen atoms in total. The molecule has 230 valence electrons.